The van der Waals surface area contributed by atoms with Gasteiger partial charge in [-0.2, -0.15) is 0 Å². The number of anilines is 2. The maximum absolute atomic E-state index is 15.1. The van der Waals surface area contributed by atoms with Crippen LogP contribution in [0.5, 0.6) is 5.75 Å². The maximum Gasteiger partial charge on any atom is 0.261 e. The van der Waals surface area contributed by atoms with Crippen LogP contribution in [-0.4, -0.2) is 116 Å². The Hall–Kier alpha value is -4.18. The van der Waals surface area contributed by atoms with Crippen molar-refractivity contribution >= 4 is 34.1 Å². The summed E-state index contributed by atoms with van der Waals surface area (Å²) in [6.45, 7) is 8.84. The first-order chi connectivity index (χ1) is 25.3. The van der Waals surface area contributed by atoms with Gasteiger partial charge in [0.05, 0.1) is 23.9 Å². The number of hydrogen-bond donors (Lipinski definition) is 3. The highest BCUT2D eigenvalue weighted by atomic mass is 19.1. The third-order valence-electron chi connectivity index (χ3n) is 10.6. The highest BCUT2D eigenvalue weighted by molar-refractivity contribution is 6.01. The molecule has 1 atom stereocenters. The molecule has 4 fully saturated rings. The van der Waals surface area contributed by atoms with Gasteiger partial charge in [-0.05, 0) is 69.3 Å². The highest BCUT2D eigenvalue weighted by Gasteiger charge is 2.27. The number of aromatic amines is 1. The van der Waals surface area contributed by atoms with Gasteiger partial charge in [-0.15, -0.1) is 0 Å². The molecule has 0 radical (unpaired) electrons. The van der Waals surface area contributed by atoms with Crippen LogP contribution in [0.25, 0.3) is 10.9 Å². The summed E-state index contributed by atoms with van der Waals surface area (Å²) in [5, 5.41) is 5.27. The van der Waals surface area contributed by atoms with Gasteiger partial charge in [0.1, 0.15) is 41.2 Å². The topological polar surface area (TPSA) is 141 Å². The number of amides is 2. The van der Waals surface area contributed by atoms with Crippen molar-refractivity contribution in [2.75, 3.05) is 82.4 Å². The number of halogens is 2. The zero-order valence-corrected chi connectivity index (χ0v) is 29.3. The Balaban J connectivity index is 0.821. The zero-order valence-electron chi connectivity index (χ0n) is 29.3. The lowest BCUT2D eigenvalue weighted by Crippen LogP contribution is -2.49. The standard InChI is InChI=1S/C37H47F2N7O6/c38-28-19-25(40-30-2-4-34(47)43-36(30)48)1-3-32(28)46-15-13-45(14-16-46)12-11-44-9-5-24(6-10-44)22-51-27-20-29(39)35-31(21-27)41-33(42-37(35)49)23-52-26-7-17-50-18-8-26/h1,3,19-21,24,26,30,40H,2,4-18,22-23H2,(H,41,42,49)(H,43,47,48)/t30-/m0/s1. The molecule has 3 aromatic rings. The summed E-state index contributed by atoms with van der Waals surface area (Å²) in [5.74, 6) is -0.598. The van der Waals surface area contributed by atoms with Crippen molar-refractivity contribution in [1.29, 1.82) is 0 Å². The Bertz CT molecular complexity index is 1790. The summed E-state index contributed by atoms with van der Waals surface area (Å²) < 4.78 is 47.4. The van der Waals surface area contributed by atoms with Crippen LogP contribution in [0.2, 0.25) is 0 Å². The van der Waals surface area contributed by atoms with Crippen molar-refractivity contribution in [2.45, 2.75) is 57.3 Å². The minimum atomic E-state index is -0.656. The molecule has 4 aliphatic rings. The van der Waals surface area contributed by atoms with Crippen LogP contribution >= 0.6 is 0 Å². The molecule has 2 aromatic carbocycles. The molecule has 52 heavy (non-hydrogen) atoms. The van der Waals surface area contributed by atoms with Crippen LogP contribution in [0.15, 0.2) is 35.1 Å². The van der Waals surface area contributed by atoms with E-state index in [9.17, 15) is 18.8 Å². The van der Waals surface area contributed by atoms with Gasteiger partial charge in [0.15, 0.2) is 0 Å². The summed E-state index contributed by atoms with van der Waals surface area (Å²) in [6, 6.07) is 7.29. The lowest BCUT2D eigenvalue weighted by atomic mass is 9.98. The summed E-state index contributed by atoms with van der Waals surface area (Å²) >= 11 is 0. The van der Waals surface area contributed by atoms with E-state index in [1.807, 2.05) is 0 Å². The summed E-state index contributed by atoms with van der Waals surface area (Å²) in [7, 11) is 0. The second kappa shape index (κ2) is 16.7. The monoisotopic (exact) mass is 723 g/mol. The van der Waals surface area contributed by atoms with E-state index in [2.05, 4.69) is 35.3 Å². The third kappa shape index (κ3) is 9.06. The Morgan fingerprint density at radius 3 is 2.37 bits per heavy atom. The predicted octanol–water partition coefficient (Wildman–Crippen LogP) is 3.03. The largest absolute Gasteiger partial charge is 0.493 e. The quantitative estimate of drug-likeness (QED) is 0.238. The molecule has 7 rings (SSSR count). The normalized spacial score (nSPS) is 21.4. The number of hydrogen-bond acceptors (Lipinski definition) is 11. The van der Waals surface area contributed by atoms with Gasteiger partial charge in [-0.3, -0.25) is 24.6 Å². The number of H-pyrrole nitrogens is 1. The summed E-state index contributed by atoms with van der Waals surface area (Å²) in [5.41, 5.74) is 0.788. The van der Waals surface area contributed by atoms with Crippen molar-refractivity contribution < 1.29 is 32.6 Å². The number of nitrogens with one attached hydrogen (secondary N) is 3. The first-order valence-corrected chi connectivity index (χ1v) is 18.4. The number of piperidine rings is 2. The van der Waals surface area contributed by atoms with Gasteiger partial charge in [0.25, 0.3) is 5.56 Å². The molecule has 15 heteroatoms. The van der Waals surface area contributed by atoms with Gasteiger partial charge in [-0.1, -0.05) is 0 Å². The molecule has 3 N–H and O–H groups in total. The SMILES string of the molecule is O=C1CC[C@H](Nc2ccc(N3CCN(CCN4CCC(COc5cc(F)c6c(=O)[nH]c(COC7CCOCC7)nc6c5)CC4)CC3)c(F)c2)C(=O)N1. The molecule has 0 spiro atoms. The Labute approximate surface area is 301 Å². The van der Waals surface area contributed by atoms with Gasteiger partial charge in [0.2, 0.25) is 11.8 Å². The van der Waals surface area contributed by atoms with Crippen LogP contribution in [0.1, 0.15) is 44.3 Å². The van der Waals surface area contributed by atoms with E-state index in [1.54, 1.807) is 18.2 Å². The number of rotatable bonds is 12. The zero-order chi connectivity index (χ0) is 36.0. The minimum Gasteiger partial charge on any atom is -0.493 e. The predicted molar refractivity (Wildman–Crippen MR) is 190 cm³/mol. The Morgan fingerprint density at radius 2 is 1.63 bits per heavy atom. The van der Waals surface area contributed by atoms with Gasteiger partial charge < -0.3 is 34.3 Å². The number of fused-ring (bicyclic) bond motifs is 1. The molecule has 13 nitrogen and oxygen atoms in total. The number of carbonyl (C=O) groups excluding carboxylic acids is 2. The van der Waals surface area contributed by atoms with E-state index in [4.69, 9.17) is 14.2 Å². The van der Waals surface area contributed by atoms with Crippen molar-refractivity contribution in [3.63, 3.8) is 0 Å². The van der Waals surface area contributed by atoms with Crippen LogP contribution < -0.4 is 25.8 Å². The van der Waals surface area contributed by atoms with Crippen LogP contribution in [0.3, 0.4) is 0 Å². The molecule has 1 aromatic heterocycles. The molecule has 0 aliphatic carbocycles. The lowest BCUT2D eigenvalue weighted by Gasteiger charge is -2.38. The van der Waals surface area contributed by atoms with Crippen LogP contribution in [0, 0.1) is 17.6 Å². The third-order valence-corrected chi connectivity index (χ3v) is 10.6. The molecule has 0 saturated carbocycles. The molecule has 5 heterocycles. The van der Waals surface area contributed by atoms with Gasteiger partial charge in [-0.25, -0.2) is 13.8 Å². The lowest BCUT2D eigenvalue weighted by molar-refractivity contribution is -0.133. The molecule has 4 aliphatic heterocycles. The smallest absolute Gasteiger partial charge is 0.261 e. The minimum absolute atomic E-state index is 0.0476. The molecule has 0 bridgehead atoms. The number of ether oxygens (including phenoxy) is 3. The summed E-state index contributed by atoms with van der Waals surface area (Å²) in [4.78, 5) is 50.2. The van der Waals surface area contributed by atoms with E-state index in [-0.39, 0.29) is 47.7 Å². The average molecular weight is 724 g/mol. The second-order valence-electron chi connectivity index (χ2n) is 14.2. The fourth-order valence-corrected chi connectivity index (χ4v) is 7.41. The van der Waals surface area contributed by atoms with Gasteiger partial charge >= 0.3 is 0 Å². The molecule has 2 amide bonds. The molecular formula is C37H47F2N7O6. The van der Waals surface area contributed by atoms with Gasteiger partial charge in [0, 0.05) is 76.7 Å². The van der Waals surface area contributed by atoms with Crippen molar-refractivity contribution in [1.82, 2.24) is 25.1 Å². The van der Waals surface area contributed by atoms with E-state index < -0.39 is 17.4 Å². The number of piperazine rings is 1. The van der Waals surface area contributed by atoms with E-state index >= 15 is 4.39 Å². The number of aromatic nitrogens is 2. The Kier molecular flexibility index (Phi) is 11.6. The first-order valence-electron chi connectivity index (χ1n) is 18.4. The fraction of sp³-hybridized carbons (Fsp3) is 0.568. The van der Waals surface area contributed by atoms with Crippen molar-refractivity contribution in [3.05, 3.63) is 58.1 Å². The van der Waals surface area contributed by atoms with Crippen LogP contribution in [-0.2, 0) is 25.7 Å². The number of imide groups is 1. The molecule has 0 unspecified atom stereocenters. The molecule has 4 saturated heterocycles. The van der Waals surface area contributed by atoms with Crippen LogP contribution in [0.4, 0.5) is 20.2 Å². The van der Waals surface area contributed by atoms with E-state index in [0.29, 0.717) is 55.1 Å². The first kappa shape index (κ1) is 36.2. The van der Waals surface area contributed by atoms with E-state index in [1.165, 1.54) is 12.1 Å². The second-order valence-corrected chi connectivity index (χ2v) is 14.2. The number of benzene rings is 2. The fourth-order valence-electron chi connectivity index (χ4n) is 7.41. The maximum atomic E-state index is 15.1. The van der Waals surface area contributed by atoms with Crippen molar-refractivity contribution in [3.8, 4) is 5.75 Å². The number of carbonyl (C=O) groups is 2. The van der Waals surface area contributed by atoms with Crippen molar-refractivity contribution in [2.24, 2.45) is 5.92 Å². The molecular weight excluding hydrogens is 676 g/mol. The average Bonchev–Trinajstić information content (AvgIpc) is 3.14. The highest BCUT2D eigenvalue weighted by Crippen LogP contribution is 2.27. The number of likely N-dealkylation sites (tertiary alicyclic amines) is 1. The number of nitrogens with zero attached hydrogens (tertiary/aromatic N) is 4. The van der Waals surface area contributed by atoms with E-state index in [0.717, 1.165) is 78.0 Å². The summed E-state index contributed by atoms with van der Waals surface area (Å²) in [6.07, 6.45) is 4.22. The Morgan fingerprint density at radius 1 is 0.885 bits per heavy atom. The molecule has 280 valence electrons.